The highest BCUT2D eigenvalue weighted by molar-refractivity contribution is 5.91. The smallest absolute Gasteiger partial charge is 0.314 e. The lowest BCUT2D eigenvalue weighted by Gasteiger charge is -2.38. The van der Waals surface area contributed by atoms with E-state index in [2.05, 4.69) is 0 Å². The fraction of sp³-hybridized carbons (Fsp3) is 0.333. The maximum absolute atomic E-state index is 13.0. The van der Waals surface area contributed by atoms with Crippen LogP contribution < -0.4 is 0 Å². The molecule has 1 aromatic carbocycles. The van der Waals surface area contributed by atoms with Crippen LogP contribution in [0.15, 0.2) is 30.3 Å². The highest BCUT2D eigenvalue weighted by Gasteiger charge is 2.47. The summed E-state index contributed by atoms with van der Waals surface area (Å²) in [7, 11) is 1.31. The molecule has 104 valence electrons. The van der Waals surface area contributed by atoms with Gasteiger partial charge >= 0.3 is 11.9 Å². The number of ether oxygens (including phenoxy) is 2. The molecule has 4 rings (SSSR count). The van der Waals surface area contributed by atoms with Crippen LogP contribution in [0.1, 0.15) is 12.0 Å². The van der Waals surface area contributed by atoms with Crippen LogP contribution in [0, 0.1) is 17.7 Å². The Balaban J connectivity index is 1.96. The second kappa shape index (κ2) is 4.74. The summed E-state index contributed by atoms with van der Waals surface area (Å²) in [4.78, 5) is 23.5. The fourth-order valence-electron chi connectivity index (χ4n) is 2.80. The Morgan fingerprint density at radius 1 is 1.35 bits per heavy atom. The average Bonchev–Trinajstić information content (AvgIpc) is 2.47. The maximum atomic E-state index is 13.0. The van der Waals surface area contributed by atoms with Gasteiger partial charge in [-0.25, -0.2) is 4.39 Å². The van der Waals surface area contributed by atoms with Crippen LogP contribution in [-0.4, -0.2) is 25.2 Å². The number of hydrogen-bond donors (Lipinski definition) is 0. The van der Waals surface area contributed by atoms with E-state index >= 15 is 0 Å². The van der Waals surface area contributed by atoms with Gasteiger partial charge in [0.15, 0.2) is 0 Å². The lowest BCUT2D eigenvalue weighted by atomic mass is 9.75. The lowest BCUT2D eigenvalue weighted by Crippen LogP contribution is -2.45. The molecule has 2 bridgehead atoms. The predicted octanol–water partition coefficient (Wildman–Crippen LogP) is 1.94. The Kier molecular flexibility index (Phi) is 3.04. The van der Waals surface area contributed by atoms with Crippen molar-refractivity contribution < 1.29 is 23.5 Å². The Morgan fingerprint density at radius 2 is 2.05 bits per heavy atom. The van der Waals surface area contributed by atoms with Crippen LogP contribution >= 0.6 is 0 Å². The van der Waals surface area contributed by atoms with Crippen molar-refractivity contribution in [3.63, 3.8) is 0 Å². The standard InChI is InChI=1S/C15H13FO4/c1-19-14(17)12-7-13-10(6-11(12)15(18)20-13)8-2-4-9(16)5-3-8/h2-6,11-13H,7H2,1H3/t11-,12+,13-/m0/s1. The Hall–Kier alpha value is -2.17. The molecule has 1 saturated heterocycles. The highest BCUT2D eigenvalue weighted by Crippen LogP contribution is 2.42. The van der Waals surface area contributed by atoms with Gasteiger partial charge in [0.1, 0.15) is 11.9 Å². The summed E-state index contributed by atoms with van der Waals surface area (Å²) in [5.74, 6) is -2.23. The van der Waals surface area contributed by atoms with Crippen molar-refractivity contribution in [2.75, 3.05) is 7.11 Å². The normalized spacial score (nSPS) is 27.8. The molecule has 20 heavy (non-hydrogen) atoms. The summed E-state index contributed by atoms with van der Waals surface area (Å²) >= 11 is 0. The van der Waals surface area contributed by atoms with E-state index in [9.17, 15) is 14.0 Å². The number of rotatable bonds is 2. The van der Waals surface area contributed by atoms with E-state index < -0.39 is 29.9 Å². The van der Waals surface area contributed by atoms with Gasteiger partial charge < -0.3 is 9.47 Å². The molecule has 1 fully saturated rings. The summed E-state index contributed by atoms with van der Waals surface area (Å²) in [6.45, 7) is 0. The molecule has 2 heterocycles. The van der Waals surface area contributed by atoms with Crippen LogP contribution in [0.2, 0.25) is 0 Å². The van der Waals surface area contributed by atoms with Gasteiger partial charge in [0.05, 0.1) is 18.9 Å². The van der Waals surface area contributed by atoms with Crippen molar-refractivity contribution in [2.45, 2.75) is 12.5 Å². The van der Waals surface area contributed by atoms with Crippen LogP contribution in [0.5, 0.6) is 0 Å². The summed E-state index contributed by atoms with van der Waals surface area (Å²) in [5.41, 5.74) is 1.63. The molecule has 3 aliphatic rings. The molecule has 2 aliphatic heterocycles. The third kappa shape index (κ3) is 1.99. The summed E-state index contributed by atoms with van der Waals surface area (Å²) in [6, 6.07) is 6.00. The van der Waals surface area contributed by atoms with E-state index in [0.717, 1.165) is 11.1 Å². The minimum absolute atomic E-state index is 0.320. The summed E-state index contributed by atoms with van der Waals surface area (Å²) in [5, 5.41) is 0. The van der Waals surface area contributed by atoms with E-state index in [4.69, 9.17) is 9.47 Å². The first-order chi connectivity index (χ1) is 9.60. The van der Waals surface area contributed by atoms with E-state index in [0.29, 0.717) is 6.42 Å². The lowest BCUT2D eigenvalue weighted by molar-refractivity contribution is -0.169. The number of benzene rings is 1. The van der Waals surface area contributed by atoms with Crippen LogP contribution in [0.3, 0.4) is 0 Å². The molecule has 0 unspecified atom stereocenters. The van der Waals surface area contributed by atoms with Gasteiger partial charge in [-0.05, 0) is 23.3 Å². The zero-order valence-corrected chi connectivity index (χ0v) is 10.8. The van der Waals surface area contributed by atoms with Crippen molar-refractivity contribution in [1.29, 1.82) is 0 Å². The molecule has 0 spiro atoms. The number of esters is 2. The van der Waals surface area contributed by atoms with Gasteiger partial charge in [0.2, 0.25) is 0 Å². The zero-order chi connectivity index (χ0) is 14.3. The third-order valence-corrected chi connectivity index (χ3v) is 3.82. The number of carbonyl (C=O) groups is 2. The van der Waals surface area contributed by atoms with E-state index in [1.807, 2.05) is 0 Å². The maximum Gasteiger partial charge on any atom is 0.314 e. The zero-order valence-electron chi connectivity index (χ0n) is 10.8. The number of halogens is 1. The minimum Gasteiger partial charge on any atom is -0.469 e. The molecule has 0 radical (unpaired) electrons. The Morgan fingerprint density at radius 3 is 2.65 bits per heavy atom. The number of methoxy groups -OCH3 is 1. The van der Waals surface area contributed by atoms with Crippen LogP contribution in [0.25, 0.3) is 5.57 Å². The van der Waals surface area contributed by atoms with Crippen molar-refractivity contribution in [2.24, 2.45) is 11.8 Å². The molecule has 0 amide bonds. The molecule has 1 aromatic rings. The number of fused-ring (bicyclic) bond motifs is 2. The van der Waals surface area contributed by atoms with Crippen molar-refractivity contribution in [3.8, 4) is 0 Å². The first kappa shape index (κ1) is 12.8. The molecular formula is C15H13FO4. The monoisotopic (exact) mass is 276 g/mol. The van der Waals surface area contributed by atoms with Crippen LogP contribution in [-0.2, 0) is 19.1 Å². The Labute approximate surface area is 115 Å². The van der Waals surface area contributed by atoms with Crippen molar-refractivity contribution in [3.05, 3.63) is 41.7 Å². The van der Waals surface area contributed by atoms with Gasteiger partial charge in [-0.2, -0.15) is 0 Å². The SMILES string of the molecule is COC(=O)[C@@H]1C[C@@H]2OC(=O)[C@H]1C=C2c1ccc(F)cc1. The van der Waals surface area contributed by atoms with Gasteiger partial charge in [-0.1, -0.05) is 18.2 Å². The first-order valence-corrected chi connectivity index (χ1v) is 6.36. The molecule has 4 nitrogen and oxygen atoms in total. The van der Waals surface area contributed by atoms with E-state index in [1.54, 1.807) is 18.2 Å². The van der Waals surface area contributed by atoms with Gasteiger partial charge in [0, 0.05) is 6.42 Å². The average molecular weight is 276 g/mol. The molecule has 0 N–H and O–H groups in total. The van der Waals surface area contributed by atoms with Crippen LogP contribution in [0.4, 0.5) is 4.39 Å². The number of carbonyl (C=O) groups excluding carboxylic acids is 2. The van der Waals surface area contributed by atoms with Crippen molar-refractivity contribution in [1.82, 2.24) is 0 Å². The highest BCUT2D eigenvalue weighted by atomic mass is 19.1. The summed E-state index contributed by atoms with van der Waals surface area (Å²) < 4.78 is 23.0. The quantitative estimate of drug-likeness (QED) is 0.775. The molecule has 0 aromatic heterocycles. The molecule has 0 saturated carbocycles. The molecular weight excluding hydrogens is 263 g/mol. The first-order valence-electron chi connectivity index (χ1n) is 6.36. The fourth-order valence-corrected chi connectivity index (χ4v) is 2.80. The predicted molar refractivity (Wildman–Crippen MR) is 67.9 cm³/mol. The van der Waals surface area contributed by atoms with E-state index in [1.165, 1.54) is 19.2 Å². The molecule has 1 aliphatic carbocycles. The summed E-state index contributed by atoms with van der Waals surface area (Å²) in [6.07, 6.45) is 1.68. The minimum atomic E-state index is -0.618. The molecule has 3 atom stereocenters. The van der Waals surface area contributed by atoms with Crippen molar-refractivity contribution >= 4 is 17.5 Å². The van der Waals surface area contributed by atoms with Gasteiger partial charge in [-0.15, -0.1) is 0 Å². The Bertz CT molecular complexity index is 590. The van der Waals surface area contributed by atoms with Gasteiger partial charge in [0.25, 0.3) is 0 Å². The van der Waals surface area contributed by atoms with E-state index in [-0.39, 0.29) is 5.82 Å². The topological polar surface area (TPSA) is 52.6 Å². The third-order valence-electron chi connectivity index (χ3n) is 3.82. The largest absolute Gasteiger partial charge is 0.469 e. The molecule has 5 heteroatoms. The number of hydrogen-bond acceptors (Lipinski definition) is 4. The second-order valence-electron chi connectivity index (χ2n) is 4.95. The second-order valence-corrected chi connectivity index (χ2v) is 4.95. The van der Waals surface area contributed by atoms with Gasteiger partial charge in [-0.3, -0.25) is 9.59 Å².